The highest BCUT2D eigenvalue weighted by Crippen LogP contribution is 2.28. The number of fused-ring (bicyclic) bond motifs is 1. The molecule has 1 N–H and O–H groups in total. The smallest absolute Gasteiger partial charge is 0.227 e. The monoisotopic (exact) mass is 414 g/mol. The third-order valence-corrected chi connectivity index (χ3v) is 6.24. The minimum atomic E-state index is -0.0824. The number of aromatic nitrogens is 5. The fraction of sp³-hybridized carbons (Fsp3) is 0.333. The number of pyridine rings is 1. The second kappa shape index (κ2) is 8.34. The van der Waals surface area contributed by atoms with Gasteiger partial charge >= 0.3 is 0 Å². The fourth-order valence-corrected chi connectivity index (χ4v) is 4.46. The average molecular weight is 415 g/mol. The summed E-state index contributed by atoms with van der Waals surface area (Å²) in [5.41, 5.74) is 5.15. The van der Waals surface area contributed by atoms with Crippen molar-refractivity contribution in [3.05, 3.63) is 66.9 Å². The summed E-state index contributed by atoms with van der Waals surface area (Å²) in [5.74, 6) is 0.535. The van der Waals surface area contributed by atoms with Gasteiger partial charge in [-0.3, -0.25) is 14.9 Å². The topological polar surface area (TPSA) is 79.7 Å². The van der Waals surface area contributed by atoms with Gasteiger partial charge in [0.2, 0.25) is 5.91 Å². The van der Waals surface area contributed by atoms with Crippen LogP contribution in [0, 0.1) is 5.92 Å². The Bertz CT molecular complexity index is 1160. The Morgan fingerprint density at radius 2 is 1.97 bits per heavy atom. The number of aromatic amines is 1. The van der Waals surface area contributed by atoms with Gasteiger partial charge in [-0.1, -0.05) is 19.1 Å². The molecule has 0 saturated carbocycles. The first kappa shape index (κ1) is 19.5. The highest BCUT2D eigenvalue weighted by Gasteiger charge is 2.27. The van der Waals surface area contributed by atoms with E-state index in [4.69, 9.17) is 0 Å². The minimum Gasteiger partial charge on any atom is -0.342 e. The van der Waals surface area contributed by atoms with E-state index in [1.807, 2.05) is 48.6 Å². The second-order valence-electron chi connectivity index (χ2n) is 8.33. The maximum Gasteiger partial charge on any atom is 0.227 e. The molecule has 3 aromatic heterocycles. The van der Waals surface area contributed by atoms with Crippen LogP contribution in [0.15, 0.2) is 61.2 Å². The van der Waals surface area contributed by atoms with E-state index in [-0.39, 0.29) is 11.8 Å². The van der Waals surface area contributed by atoms with Gasteiger partial charge in [-0.2, -0.15) is 5.10 Å². The van der Waals surface area contributed by atoms with Crippen molar-refractivity contribution in [1.29, 1.82) is 0 Å². The quantitative estimate of drug-likeness (QED) is 0.538. The summed E-state index contributed by atoms with van der Waals surface area (Å²) in [6.07, 6.45) is 7.37. The molecule has 1 atom stereocenters. The zero-order valence-electron chi connectivity index (χ0n) is 17.6. The number of H-pyrrole nitrogens is 1. The number of carbonyl (C=O) groups is 1. The number of carbonyl (C=O) groups excluding carboxylic acids is 1. The highest BCUT2D eigenvalue weighted by molar-refractivity contribution is 5.79. The SMILES string of the molecule is CC(Cn1cnc2ccccc21)C(=O)N1CCC(c2ccc(-c3ccn[nH]3)cn2)CC1. The number of likely N-dealkylation sites (tertiary alicyclic amines) is 1. The number of imidazole rings is 1. The van der Waals surface area contributed by atoms with Crippen LogP contribution in [-0.4, -0.2) is 48.6 Å². The van der Waals surface area contributed by atoms with Gasteiger partial charge in [-0.05, 0) is 43.2 Å². The van der Waals surface area contributed by atoms with E-state index in [9.17, 15) is 4.79 Å². The Hall–Kier alpha value is -3.48. The van der Waals surface area contributed by atoms with Gasteiger partial charge in [-0.25, -0.2) is 4.98 Å². The van der Waals surface area contributed by atoms with E-state index < -0.39 is 0 Å². The highest BCUT2D eigenvalue weighted by atomic mass is 16.2. The van der Waals surface area contributed by atoms with E-state index in [1.165, 1.54) is 0 Å². The van der Waals surface area contributed by atoms with E-state index in [2.05, 4.69) is 42.9 Å². The lowest BCUT2D eigenvalue weighted by Gasteiger charge is -2.33. The lowest BCUT2D eigenvalue weighted by atomic mass is 9.92. The van der Waals surface area contributed by atoms with E-state index in [1.54, 1.807) is 6.20 Å². The number of hydrogen-bond donors (Lipinski definition) is 1. The van der Waals surface area contributed by atoms with Crippen molar-refractivity contribution >= 4 is 16.9 Å². The molecule has 0 bridgehead atoms. The molecule has 4 heterocycles. The van der Waals surface area contributed by atoms with Crippen molar-refractivity contribution in [3.8, 4) is 11.3 Å². The molecular weight excluding hydrogens is 388 g/mol. The Balaban J connectivity index is 1.18. The number of nitrogens with one attached hydrogen (secondary N) is 1. The van der Waals surface area contributed by atoms with Gasteiger partial charge in [0.25, 0.3) is 0 Å². The largest absolute Gasteiger partial charge is 0.342 e. The summed E-state index contributed by atoms with van der Waals surface area (Å²) in [6.45, 7) is 4.22. The summed E-state index contributed by atoms with van der Waals surface area (Å²) in [4.78, 5) is 24.2. The number of benzene rings is 1. The standard InChI is InChI=1S/C24H26N6O/c1-17(15-30-16-26-22-4-2-3-5-23(22)30)24(31)29-12-9-18(10-13-29)20-7-6-19(14-25-20)21-8-11-27-28-21/h2-8,11,14,16-18H,9-10,12-13,15H2,1H3,(H,27,28). The van der Waals surface area contributed by atoms with Crippen LogP contribution >= 0.6 is 0 Å². The van der Waals surface area contributed by atoms with Crippen LogP contribution in [0.5, 0.6) is 0 Å². The van der Waals surface area contributed by atoms with Gasteiger partial charge in [0.15, 0.2) is 0 Å². The van der Waals surface area contributed by atoms with Crippen molar-refractivity contribution in [3.63, 3.8) is 0 Å². The third kappa shape index (κ3) is 3.95. The summed E-state index contributed by atoms with van der Waals surface area (Å²) < 4.78 is 2.08. The number of rotatable bonds is 5. The predicted octanol–water partition coefficient (Wildman–Crippen LogP) is 3.86. The molecule has 0 radical (unpaired) electrons. The van der Waals surface area contributed by atoms with E-state index in [0.29, 0.717) is 12.5 Å². The van der Waals surface area contributed by atoms with Crippen LogP contribution < -0.4 is 0 Å². The maximum absolute atomic E-state index is 13.0. The summed E-state index contributed by atoms with van der Waals surface area (Å²) >= 11 is 0. The number of piperidine rings is 1. The predicted molar refractivity (Wildman–Crippen MR) is 119 cm³/mol. The molecule has 4 aromatic rings. The van der Waals surface area contributed by atoms with Crippen LogP contribution in [0.4, 0.5) is 0 Å². The van der Waals surface area contributed by atoms with Gasteiger partial charge in [-0.15, -0.1) is 0 Å². The molecule has 1 amide bonds. The Kier molecular flexibility index (Phi) is 5.24. The molecule has 1 saturated heterocycles. The molecule has 0 spiro atoms. The first-order valence-electron chi connectivity index (χ1n) is 10.8. The number of amides is 1. The lowest BCUT2D eigenvalue weighted by Crippen LogP contribution is -2.41. The second-order valence-corrected chi connectivity index (χ2v) is 8.33. The van der Waals surface area contributed by atoms with Crippen molar-refractivity contribution in [2.75, 3.05) is 13.1 Å². The molecule has 7 nitrogen and oxygen atoms in total. The lowest BCUT2D eigenvalue weighted by molar-refractivity contribution is -0.136. The van der Waals surface area contributed by atoms with Crippen LogP contribution in [0.2, 0.25) is 0 Å². The molecule has 5 rings (SSSR count). The third-order valence-electron chi connectivity index (χ3n) is 6.24. The Morgan fingerprint density at radius 1 is 1.13 bits per heavy atom. The van der Waals surface area contributed by atoms with E-state index in [0.717, 1.165) is 53.9 Å². The van der Waals surface area contributed by atoms with Crippen molar-refractivity contribution in [2.24, 2.45) is 5.92 Å². The van der Waals surface area contributed by atoms with Crippen molar-refractivity contribution < 1.29 is 4.79 Å². The summed E-state index contributed by atoms with van der Waals surface area (Å²) in [7, 11) is 0. The van der Waals surface area contributed by atoms with Gasteiger partial charge < -0.3 is 9.47 Å². The van der Waals surface area contributed by atoms with E-state index >= 15 is 0 Å². The maximum atomic E-state index is 13.0. The zero-order chi connectivity index (χ0) is 21.2. The first-order chi connectivity index (χ1) is 15.2. The Labute approximate surface area is 181 Å². The molecule has 1 aliphatic heterocycles. The molecular formula is C24H26N6O. The molecule has 1 fully saturated rings. The van der Waals surface area contributed by atoms with Crippen LogP contribution in [0.3, 0.4) is 0 Å². The van der Waals surface area contributed by atoms with Gasteiger partial charge in [0, 0.05) is 49.2 Å². The summed E-state index contributed by atoms with van der Waals surface area (Å²) in [6, 6.07) is 14.2. The molecule has 1 aromatic carbocycles. The average Bonchev–Trinajstić information content (AvgIpc) is 3.50. The molecule has 7 heteroatoms. The number of nitrogens with zero attached hydrogens (tertiary/aromatic N) is 5. The number of para-hydroxylation sites is 2. The Morgan fingerprint density at radius 3 is 2.71 bits per heavy atom. The fourth-order valence-electron chi connectivity index (χ4n) is 4.46. The van der Waals surface area contributed by atoms with Crippen LogP contribution in [0.25, 0.3) is 22.3 Å². The number of hydrogen-bond acceptors (Lipinski definition) is 4. The molecule has 1 aliphatic rings. The van der Waals surface area contributed by atoms with Gasteiger partial charge in [0.05, 0.1) is 29.0 Å². The summed E-state index contributed by atoms with van der Waals surface area (Å²) in [5, 5.41) is 6.96. The van der Waals surface area contributed by atoms with Crippen LogP contribution in [-0.2, 0) is 11.3 Å². The van der Waals surface area contributed by atoms with Crippen LogP contribution in [0.1, 0.15) is 31.4 Å². The van der Waals surface area contributed by atoms with Gasteiger partial charge in [0.1, 0.15) is 0 Å². The minimum absolute atomic E-state index is 0.0824. The normalized spacial score (nSPS) is 16.0. The zero-order valence-corrected chi connectivity index (χ0v) is 17.6. The molecule has 158 valence electrons. The van der Waals surface area contributed by atoms with Crippen molar-refractivity contribution in [2.45, 2.75) is 32.2 Å². The first-order valence-corrected chi connectivity index (χ1v) is 10.8. The molecule has 0 aliphatic carbocycles. The molecule has 1 unspecified atom stereocenters. The van der Waals surface area contributed by atoms with Crippen molar-refractivity contribution in [1.82, 2.24) is 29.6 Å². The molecule has 31 heavy (non-hydrogen) atoms.